The van der Waals surface area contributed by atoms with Crippen LogP contribution in [0.5, 0.6) is 17.2 Å². The molecule has 0 spiro atoms. The van der Waals surface area contributed by atoms with Crippen LogP contribution in [0.2, 0.25) is 0 Å². The zero-order valence-electron chi connectivity index (χ0n) is 17.8. The molecule has 31 heavy (non-hydrogen) atoms. The largest absolute Gasteiger partial charge is 0.497 e. The Balaban J connectivity index is 1.53. The molecule has 2 aromatic carbocycles. The first kappa shape index (κ1) is 20.7. The molecule has 162 valence electrons. The second-order valence-corrected chi connectivity index (χ2v) is 7.32. The number of ether oxygens (including phenoxy) is 3. The topological polar surface area (TPSA) is 86.9 Å². The van der Waals surface area contributed by atoms with Crippen molar-refractivity contribution in [2.24, 2.45) is 0 Å². The van der Waals surface area contributed by atoms with E-state index in [4.69, 9.17) is 18.7 Å². The predicted octanol–water partition coefficient (Wildman–Crippen LogP) is 3.78. The van der Waals surface area contributed by atoms with E-state index in [0.29, 0.717) is 41.9 Å². The van der Waals surface area contributed by atoms with Crippen LogP contribution in [0.4, 0.5) is 0 Å². The highest BCUT2D eigenvalue weighted by Gasteiger charge is 2.31. The molecule has 1 aliphatic heterocycles. The van der Waals surface area contributed by atoms with Gasteiger partial charge in [0.25, 0.3) is 5.91 Å². The van der Waals surface area contributed by atoms with Crippen molar-refractivity contribution in [1.29, 1.82) is 0 Å². The molecular weight excluding hydrogens is 398 g/mol. The van der Waals surface area contributed by atoms with Crippen molar-refractivity contribution >= 4 is 5.91 Å². The van der Waals surface area contributed by atoms with E-state index < -0.39 is 0 Å². The predicted molar refractivity (Wildman–Crippen MR) is 114 cm³/mol. The van der Waals surface area contributed by atoms with Crippen molar-refractivity contribution in [1.82, 2.24) is 15.0 Å². The molecule has 8 heteroatoms. The standard InChI is InChI=1S/C23H25N3O5/c1-28-17-9-4-7-15(13-17)21-24-22(31-25-21)16-8-6-12-26(14-16)23(27)18-10-5-11-19(29-2)20(18)30-3/h4-5,7,9-11,13,16H,6,8,12,14H2,1-3H3/t16-/m0/s1. The van der Waals surface area contributed by atoms with Crippen LogP contribution in [0.15, 0.2) is 47.0 Å². The van der Waals surface area contributed by atoms with Crippen LogP contribution in [0.25, 0.3) is 11.4 Å². The first-order valence-corrected chi connectivity index (χ1v) is 10.1. The Bertz CT molecular complexity index is 1060. The van der Waals surface area contributed by atoms with Gasteiger partial charge in [-0.25, -0.2) is 0 Å². The number of aromatic nitrogens is 2. The van der Waals surface area contributed by atoms with Gasteiger partial charge in [0.2, 0.25) is 11.7 Å². The van der Waals surface area contributed by atoms with Crippen molar-refractivity contribution in [2.75, 3.05) is 34.4 Å². The molecule has 0 unspecified atom stereocenters. The number of para-hydroxylation sites is 1. The van der Waals surface area contributed by atoms with Crippen LogP contribution < -0.4 is 14.2 Å². The molecule has 0 N–H and O–H groups in total. The van der Waals surface area contributed by atoms with Crippen molar-refractivity contribution in [3.8, 4) is 28.6 Å². The summed E-state index contributed by atoms with van der Waals surface area (Å²) in [6, 6.07) is 12.8. The molecule has 1 amide bonds. The molecular formula is C23H25N3O5. The van der Waals surface area contributed by atoms with Gasteiger partial charge in [-0.1, -0.05) is 23.4 Å². The van der Waals surface area contributed by atoms with E-state index in [2.05, 4.69) is 10.1 Å². The lowest BCUT2D eigenvalue weighted by Gasteiger charge is -2.31. The highest BCUT2D eigenvalue weighted by molar-refractivity contribution is 5.98. The minimum absolute atomic E-state index is 0.0267. The fourth-order valence-corrected chi connectivity index (χ4v) is 3.87. The van der Waals surface area contributed by atoms with Crippen molar-refractivity contribution < 1.29 is 23.5 Å². The molecule has 0 saturated carbocycles. The highest BCUT2D eigenvalue weighted by Crippen LogP contribution is 2.34. The molecule has 3 aromatic rings. The summed E-state index contributed by atoms with van der Waals surface area (Å²) in [5, 5.41) is 4.13. The summed E-state index contributed by atoms with van der Waals surface area (Å²) < 4.78 is 21.6. The van der Waals surface area contributed by atoms with Crippen molar-refractivity contribution in [2.45, 2.75) is 18.8 Å². The summed E-state index contributed by atoms with van der Waals surface area (Å²) in [5.41, 5.74) is 1.30. The van der Waals surface area contributed by atoms with Crippen LogP contribution in [-0.2, 0) is 0 Å². The number of amides is 1. The molecule has 1 atom stereocenters. The monoisotopic (exact) mass is 423 g/mol. The summed E-state index contributed by atoms with van der Waals surface area (Å²) in [5.74, 6) is 2.61. The lowest BCUT2D eigenvalue weighted by Crippen LogP contribution is -2.39. The van der Waals surface area contributed by atoms with Crippen LogP contribution >= 0.6 is 0 Å². The third kappa shape index (κ3) is 4.19. The number of carbonyl (C=O) groups is 1. The molecule has 4 rings (SSSR count). The van der Waals surface area contributed by atoms with Crippen LogP contribution in [0.1, 0.15) is 35.0 Å². The Kier molecular flexibility index (Phi) is 6.06. The van der Waals surface area contributed by atoms with Gasteiger partial charge in [-0.05, 0) is 37.1 Å². The number of likely N-dealkylation sites (tertiary alicyclic amines) is 1. The Morgan fingerprint density at radius 2 is 1.94 bits per heavy atom. The second-order valence-electron chi connectivity index (χ2n) is 7.32. The number of methoxy groups -OCH3 is 3. The lowest BCUT2D eigenvalue weighted by molar-refractivity contribution is 0.0691. The fourth-order valence-electron chi connectivity index (χ4n) is 3.87. The average Bonchev–Trinajstić information content (AvgIpc) is 3.33. The Hall–Kier alpha value is -3.55. The van der Waals surface area contributed by atoms with E-state index in [1.54, 1.807) is 37.3 Å². The van der Waals surface area contributed by atoms with E-state index in [1.807, 2.05) is 24.3 Å². The SMILES string of the molecule is COc1cccc(-c2noc([C@H]3CCCN(C(=O)c4cccc(OC)c4OC)C3)n2)c1. The maximum Gasteiger partial charge on any atom is 0.257 e. The number of nitrogens with zero attached hydrogens (tertiary/aromatic N) is 3. The maximum absolute atomic E-state index is 13.2. The lowest BCUT2D eigenvalue weighted by atomic mass is 9.97. The second kappa shape index (κ2) is 9.07. The minimum Gasteiger partial charge on any atom is -0.497 e. The van der Waals surface area contributed by atoms with E-state index in [0.717, 1.165) is 24.2 Å². The summed E-state index contributed by atoms with van der Waals surface area (Å²) in [7, 11) is 4.70. The molecule has 1 fully saturated rings. The zero-order valence-corrected chi connectivity index (χ0v) is 17.8. The molecule has 1 aliphatic rings. The fraction of sp³-hybridized carbons (Fsp3) is 0.348. The third-order valence-corrected chi connectivity index (χ3v) is 5.46. The minimum atomic E-state index is -0.104. The zero-order chi connectivity index (χ0) is 21.8. The molecule has 0 bridgehead atoms. The summed E-state index contributed by atoms with van der Waals surface area (Å²) in [6.07, 6.45) is 1.72. The van der Waals surface area contributed by atoms with Crippen molar-refractivity contribution in [3.63, 3.8) is 0 Å². The molecule has 8 nitrogen and oxygen atoms in total. The Labute approximate surface area is 180 Å². The van der Waals surface area contributed by atoms with Gasteiger partial charge in [0, 0.05) is 18.7 Å². The quantitative estimate of drug-likeness (QED) is 0.596. The first-order chi connectivity index (χ1) is 15.1. The molecule has 0 aliphatic carbocycles. The summed E-state index contributed by atoms with van der Waals surface area (Å²) >= 11 is 0. The molecule has 1 aromatic heterocycles. The Morgan fingerprint density at radius 3 is 2.71 bits per heavy atom. The molecule has 2 heterocycles. The smallest absolute Gasteiger partial charge is 0.257 e. The average molecular weight is 423 g/mol. The normalized spacial score (nSPS) is 16.1. The van der Waals surface area contributed by atoms with Gasteiger partial charge in [0.05, 0.1) is 32.8 Å². The van der Waals surface area contributed by atoms with Crippen LogP contribution in [0, 0.1) is 0 Å². The number of hydrogen-bond donors (Lipinski definition) is 0. The van der Waals surface area contributed by atoms with Gasteiger partial charge in [-0.15, -0.1) is 0 Å². The van der Waals surface area contributed by atoms with Crippen molar-refractivity contribution in [3.05, 3.63) is 53.9 Å². The van der Waals surface area contributed by atoms with Crippen LogP contribution in [-0.4, -0.2) is 55.4 Å². The van der Waals surface area contributed by atoms with E-state index >= 15 is 0 Å². The third-order valence-electron chi connectivity index (χ3n) is 5.46. The van der Waals surface area contributed by atoms with Gasteiger partial charge >= 0.3 is 0 Å². The molecule has 1 saturated heterocycles. The van der Waals surface area contributed by atoms with Crippen LogP contribution in [0.3, 0.4) is 0 Å². The van der Waals surface area contributed by atoms with Gasteiger partial charge in [-0.3, -0.25) is 4.79 Å². The van der Waals surface area contributed by atoms with Gasteiger partial charge in [0.1, 0.15) is 5.75 Å². The molecule has 0 radical (unpaired) electrons. The summed E-state index contributed by atoms with van der Waals surface area (Å²) in [6.45, 7) is 1.16. The Morgan fingerprint density at radius 1 is 1.10 bits per heavy atom. The van der Waals surface area contributed by atoms with E-state index in [1.165, 1.54) is 7.11 Å². The number of hydrogen-bond acceptors (Lipinski definition) is 7. The van der Waals surface area contributed by atoms with Gasteiger partial charge in [-0.2, -0.15) is 4.98 Å². The van der Waals surface area contributed by atoms with Gasteiger partial charge < -0.3 is 23.6 Å². The number of carbonyl (C=O) groups excluding carboxylic acids is 1. The first-order valence-electron chi connectivity index (χ1n) is 10.1. The van der Waals surface area contributed by atoms with E-state index in [9.17, 15) is 4.79 Å². The van der Waals surface area contributed by atoms with Gasteiger partial charge in [0.15, 0.2) is 11.5 Å². The number of rotatable bonds is 6. The number of piperidine rings is 1. The summed E-state index contributed by atoms with van der Waals surface area (Å²) in [4.78, 5) is 19.6. The van der Waals surface area contributed by atoms with E-state index in [-0.39, 0.29) is 11.8 Å². The number of benzene rings is 2. The maximum atomic E-state index is 13.2. The highest BCUT2D eigenvalue weighted by atomic mass is 16.5.